The number of nitrogens with one attached hydrogen (secondary N) is 1. The summed E-state index contributed by atoms with van der Waals surface area (Å²) in [5.74, 6) is 0.714. The van der Waals surface area contributed by atoms with E-state index in [4.69, 9.17) is 4.74 Å². The molecular formula is C22H33N3O3S. The van der Waals surface area contributed by atoms with Crippen molar-refractivity contribution in [1.82, 2.24) is 15.1 Å². The number of likely N-dealkylation sites (tertiary alicyclic amines) is 1. The van der Waals surface area contributed by atoms with E-state index in [2.05, 4.69) is 34.5 Å². The molecule has 2 saturated heterocycles. The van der Waals surface area contributed by atoms with Crippen molar-refractivity contribution in [3.8, 4) is 0 Å². The summed E-state index contributed by atoms with van der Waals surface area (Å²) >= 11 is 1.37. The summed E-state index contributed by atoms with van der Waals surface area (Å²) in [6.07, 6.45) is 5.32. The molecule has 7 heteroatoms. The number of rotatable bonds is 8. The molecule has 6 nitrogen and oxygen atoms in total. The van der Waals surface area contributed by atoms with Crippen LogP contribution >= 0.6 is 11.8 Å². The number of ether oxygens (including phenoxy) is 1. The molecule has 2 aliphatic heterocycles. The van der Waals surface area contributed by atoms with Crippen molar-refractivity contribution >= 4 is 23.6 Å². The number of thioether (sulfide) groups is 1. The number of hydrogen-bond acceptors (Lipinski definition) is 5. The first-order chi connectivity index (χ1) is 14.2. The van der Waals surface area contributed by atoms with Gasteiger partial charge in [0, 0.05) is 26.2 Å². The zero-order valence-electron chi connectivity index (χ0n) is 17.2. The third kappa shape index (κ3) is 7.99. The fraction of sp³-hybridized carbons (Fsp3) is 0.636. The van der Waals surface area contributed by atoms with Crippen molar-refractivity contribution in [2.24, 2.45) is 0 Å². The topological polar surface area (TPSA) is 61.9 Å². The van der Waals surface area contributed by atoms with E-state index in [1.165, 1.54) is 56.1 Å². The summed E-state index contributed by atoms with van der Waals surface area (Å²) in [7, 11) is 0. The Hall–Kier alpha value is -1.57. The Morgan fingerprint density at radius 1 is 0.897 bits per heavy atom. The highest BCUT2D eigenvalue weighted by Crippen LogP contribution is 2.14. The third-order valence-corrected chi connectivity index (χ3v) is 6.36. The summed E-state index contributed by atoms with van der Waals surface area (Å²) in [5, 5.41) is 2.95. The maximum atomic E-state index is 12.1. The Morgan fingerprint density at radius 2 is 1.55 bits per heavy atom. The summed E-state index contributed by atoms with van der Waals surface area (Å²) < 4.78 is 5.25. The molecule has 0 spiro atoms. The molecule has 1 aromatic rings. The van der Waals surface area contributed by atoms with Crippen molar-refractivity contribution in [1.29, 1.82) is 0 Å². The molecule has 0 bridgehead atoms. The highest BCUT2D eigenvalue weighted by molar-refractivity contribution is 8.00. The largest absolute Gasteiger partial charge is 0.378 e. The van der Waals surface area contributed by atoms with Gasteiger partial charge in [0.1, 0.15) is 0 Å². The standard InChI is InChI=1S/C22H33N3O3S/c26-21(17-29-18-22(27)25-11-13-28-14-12-25)23-15-19-5-7-20(8-6-19)16-24-9-3-1-2-4-10-24/h5-8H,1-4,9-18H2,(H,23,26). The highest BCUT2D eigenvalue weighted by atomic mass is 32.2. The number of carbonyl (C=O) groups is 2. The van der Waals surface area contributed by atoms with E-state index in [9.17, 15) is 9.59 Å². The zero-order chi connectivity index (χ0) is 20.3. The van der Waals surface area contributed by atoms with Crippen LogP contribution in [0.25, 0.3) is 0 Å². The Kier molecular flexibility index (Phi) is 9.31. The van der Waals surface area contributed by atoms with Crippen LogP contribution in [0.3, 0.4) is 0 Å². The lowest BCUT2D eigenvalue weighted by Crippen LogP contribution is -2.41. The summed E-state index contributed by atoms with van der Waals surface area (Å²) in [6.45, 7) is 6.45. The van der Waals surface area contributed by atoms with Crippen LogP contribution in [0.2, 0.25) is 0 Å². The lowest BCUT2D eigenvalue weighted by Gasteiger charge is -2.26. The molecule has 0 unspecified atom stereocenters. The van der Waals surface area contributed by atoms with E-state index in [1.807, 2.05) is 4.90 Å². The van der Waals surface area contributed by atoms with Gasteiger partial charge in [-0.2, -0.15) is 0 Å². The van der Waals surface area contributed by atoms with Gasteiger partial charge in [-0.1, -0.05) is 37.1 Å². The average Bonchev–Trinajstić information content (AvgIpc) is 3.02. The Morgan fingerprint density at radius 3 is 2.24 bits per heavy atom. The fourth-order valence-corrected chi connectivity index (χ4v) is 4.45. The molecule has 0 aromatic heterocycles. The maximum Gasteiger partial charge on any atom is 0.232 e. The van der Waals surface area contributed by atoms with Crippen LogP contribution in [-0.2, 0) is 27.4 Å². The van der Waals surface area contributed by atoms with E-state index in [1.54, 1.807) is 0 Å². The van der Waals surface area contributed by atoms with Crippen molar-refractivity contribution in [2.75, 3.05) is 50.9 Å². The van der Waals surface area contributed by atoms with Gasteiger partial charge in [-0.15, -0.1) is 11.8 Å². The van der Waals surface area contributed by atoms with Crippen LogP contribution in [0.1, 0.15) is 36.8 Å². The quantitative estimate of drug-likeness (QED) is 0.700. The number of nitrogens with zero attached hydrogens (tertiary/aromatic N) is 2. The molecule has 2 fully saturated rings. The van der Waals surface area contributed by atoms with Crippen molar-refractivity contribution in [2.45, 2.75) is 38.8 Å². The van der Waals surface area contributed by atoms with E-state index in [-0.39, 0.29) is 11.8 Å². The average molecular weight is 420 g/mol. The van der Waals surface area contributed by atoms with Crippen LogP contribution < -0.4 is 5.32 Å². The van der Waals surface area contributed by atoms with Gasteiger partial charge in [0.15, 0.2) is 0 Å². The molecule has 3 rings (SSSR count). The van der Waals surface area contributed by atoms with E-state index in [0.717, 1.165) is 12.1 Å². The first kappa shape index (κ1) is 22.1. The lowest BCUT2D eigenvalue weighted by molar-refractivity contribution is -0.132. The van der Waals surface area contributed by atoms with Gasteiger partial charge in [-0.05, 0) is 37.1 Å². The number of amides is 2. The molecule has 0 radical (unpaired) electrons. The van der Waals surface area contributed by atoms with E-state index >= 15 is 0 Å². The van der Waals surface area contributed by atoms with Gasteiger partial charge in [0.2, 0.25) is 11.8 Å². The van der Waals surface area contributed by atoms with Gasteiger partial charge in [0.25, 0.3) is 0 Å². The SMILES string of the molecule is O=C(CSCC(=O)N1CCOCC1)NCc1ccc(CN2CCCCCC2)cc1. The first-order valence-electron chi connectivity index (χ1n) is 10.7. The third-order valence-electron chi connectivity index (χ3n) is 5.44. The number of carbonyl (C=O) groups excluding carboxylic acids is 2. The second-order valence-electron chi connectivity index (χ2n) is 7.77. The van der Waals surface area contributed by atoms with Crippen LogP contribution in [0.4, 0.5) is 0 Å². The summed E-state index contributed by atoms with van der Waals surface area (Å²) in [5.41, 5.74) is 2.44. The first-order valence-corrected chi connectivity index (χ1v) is 11.9. The van der Waals surface area contributed by atoms with Crippen molar-refractivity contribution in [3.63, 3.8) is 0 Å². The molecule has 29 heavy (non-hydrogen) atoms. The van der Waals surface area contributed by atoms with Gasteiger partial charge >= 0.3 is 0 Å². The van der Waals surface area contributed by atoms with Crippen LogP contribution in [0.15, 0.2) is 24.3 Å². The summed E-state index contributed by atoms with van der Waals surface area (Å²) in [6, 6.07) is 8.54. The maximum absolute atomic E-state index is 12.1. The smallest absolute Gasteiger partial charge is 0.232 e. The summed E-state index contributed by atoms with van der Waals surface area (Å²) in [4.78, 5) is 28.5. The normalized spacial score (nSPS) is 18.3. The number of hydrogen-bond donors (Lipinski definition) is 1. The Balaban J connectivity index is 1.31. The molecule has 1 aromatic carbocycles. The molecule has 160 valence electrons. The second kappa shape index (κ2) is 12.2. The van der Waals surface area contributed by atoms with Gasteiger partial charge in [-0.25, -0.2) is 0 Å². The van der Waals surface area contributed by atoms with Crippen LogP contribution in [0.5, 0.6) is 0 Å². The lowest BCUT2D eigenvalue weighted by atomic mass is 10.1. The van der Waals surface area contributed by atoms with Gasteiger partial charge in [-0.3, -0.25) is 14.5 Å². The second-order valence-corrected chi connectivity index (χ2v) is 8.76. The fourth-order valence-electron chi connectivity index (χ4n) is 3.70. The minimum Gasteiger partial charge on any atom is -0.378 e. The van der Waals surface area contributed by atoms with Crippen LogP contribution in [0, 0.1) is 0 Å². The molecule has 0 aliphatic carbocycles. The molecular weight excluding hydrogens is 386 g/mol. The van der Waals surface area contributed by atoms with Crippen molar-refractivity contribution in [3.05, 3.63) is 35.4 Å². The minimum absolute atomic E-state index is 0.0292. The number of benzene rings is 1. The zero-order valence-corrected chi connectivity index (χ0v) is 18.1. The molecule has 1 N–H and O–H groups in total. The van der Waals surface area contributed by atoms with Crippen LogP contribution in [-0.4, -0.2) is 72.5 Å². The molecule has 2 amide bonds. The highest BCUT2D eigenvalue weighted by Gasteiger charge is 2.17. The Bertz CT molecular complexity index is 639. The molecule has 0 atom stereocenters. The molecule has 0 saturated carbocycles. The predicted octanol–water partition coefficient (Wildman–Crippen LogP) is 2.27. The Labute approximate surface area is 178 Å². The predicted molar refractivity (Wildman–Crippen MR) is 117 cm³/mol. The van der Waals surface area contributed by atoms with Crippen molar-refractivity contribution < 1.29 is 14.3 Å². The van der Waals surface area contributed by atoms with E-state index in [0.29, 0.717) is 44.4 Å². The molecule has 2 aliphatic rings. The minimum atomic E-state index is -0.0292. The van der Waals surface area contributed by atoms with Gasteiger partial charge < -0.3 is 15.0 Å². The van der Waals surface area contributed by atoms with E-state index < -0.39 is 0 Å². The molecule has 2 heterocycles. The number of morpholine rings is 1. The van der Waals surface area contributed by atoms with Gasteiger partial charge in [0.05, 0.1) is 24.7 Å². The monoisotopic (exact) mass is 419 g/mol.